The molecule has 0 aliphatic rings. The maximum atomic E-state index is 10.0. The van der Waals surface area contributed by atoms with Gasteiger partial charge < -0.3 is 20.1 Å². The summed E-state index contributed by atoms with van der Waals surface area (Å²) in [5, 5.41) is 10.0. The summed E-state index contributed by atoms with van der Waals surface area (Å²) < 4.78 is 7.24. The van der Waals surface area contributed by atoms with Crippen molar-refractivity contribution in [2.75, 3.05) is 12.8 Å². The van der Waals surface area contributed by atoms with Crippen molar-refractivity contribution in [2.45, 2.75) is 32.9 Å². The first-order valence-electron chi connectivity index (χ1n) is 6.50. The summed E-state index contributed by atoms with van der Waals surface area (Å²) in [6, 6.07) is 5.62. The van der Waals surface area contributed by atoms with Crippen LogP contribution in [0.15, 0.2) is 24.4 Å². The number of nitrogens with two attached hydrogens (primary N) is 1. The van der Waals surface area contributed by atoms with Gasteiger partial charge in [-0.2, -0.15) is 0 Å². The minimum Gasteiger partial charge on any atom is -0.495 e. The normalized spacial score (nSPS) is 11.7. The predicted octanol–water partition coefficient (Wildman–Crippen LogP) is 2.22. The number of aryl methyl sites for hydroxylation is 1. The molecule has 0 bridgehead atoms. The van der Waals surface area contributed by atoms with Crippen molar-refractivity contribution < 1.29 is 9.84 Å². The van der Waals surface area contributed by atoms with E-state index in [0.717, 1.165) is 17.1 Å². The zero-order valence-corrected chi connectivity index (χ0v) is 12.3. The summed E-state index contributed by atoms with van der Waals surface area (Å²) in [7, 11) is 1.59. The van der Waals surface area contributed by atoms with Crippen molar-refractivity contribution in [3.63, 3.8) is 0 Å². The maximum absolute atomic E-state index is 10.0. The van der Waals surface area contributed by atoms with Crippen LogP contribution in [0.5, 0.6) is 5.75 Å². The van der Waals surface area contributed by atoms with E-state index in [1.165, 1.54) is 0 Å². The van der Waals surface area contributed by atoms with E-state index in [1.54, 1.807) is 27.2 Å². The molecule has 5 nitrogen and oxygen atoms in total. The van der Waals surface area contributed by atoms with Gasteiger partial charge in [0.15, 0.2) is 0 Å². The van der Waals surface area contributed by atoms with Crippen LogP contribution in [0.1, 0.15) is 19.7 Å². The van der Waals surface area contributed by atoms with Gasteiger partial charge in [-0.15, -0.1) is 0 Å². The van der Waals surface area contributed by atoms with Crippen LogP contribution in [0.4, 0.5) is 5.69 Å². The van der Waals surface area contributed by atoms with Crippen molar-refractivity contribution in [3.05, 3.63) is 30.2 Å². The molecule has 3 N–H and O–H groups in total. The number of rotatable bonds is 4. The second-order valence-electron chi connectivity index (χ2n) is 5.55. The van der Waals surface area contributed by atoms with Crippen LogP contribution < -0.4 is 10.5 Å². The van der Waals surface area contributed by atoms with E-state index in [0.29, 0.717) is 18.0 Å². The first-order chi connectivity index (χ1) is 9.31. The molecule has 0 saturated heterocycles. The van der Waals surface area contributed by atoms with Gasteiger partial charge in [0.2, 0.25) is 0 Å². The number of ether oxygens (including phenoxy) is 1. The molecule has 1 heterocycles. The Balaban J connectivity index is 2.48. The average molecular weight is 275 g/mol. The second kappa shape index (κ2) is 5.17. The number of aliphatic hydroxyl groups is 1. The minimum atomic E-state index is -0.807. The Hall–Kier alpha value is -2.01. The number of anilines is 1. The fraction of sp³-hybridized carbons (Fsp3) is 0.400. The Morgan fingerprint density at radius 2 is 2.10 bits per heavy atom. The number of benzene rings is 1. The number of nitrogens with zero attached hydrogens (tertiary/aromatic N) is 2. The Morgan fingerprint density at radius 3 is 2.70 bits per heavy atom. The predicted molar refractivity (Wildman–Crippen MR) is 79.7 cm³/mol. The third kappa shape index (κ3) is 2.93. The van der Waals surface area contributed by atoms with E-state index in [4.69, 9.17) is 10.5 Å². The Kier molecular flexibility index (Phi) is 3.72. The summed E-state index contributed by atoms with van der Waals surface area (Å²) in [6.45, 7) is 5.95. The van der Waals surface area contributed by atoms with Crippen LogP contribution >= 0.6 is 0 Å². The number of aromatic nitrogens is 2. The third-order valence-corrected chi connectivity index (χ3v) is 3.13. The second-order valence-corrected chi connectivity index (χ2v) is 5.55. The number of hydrogen-bond donors (Lipinski definition) is 2. The number of methoxy groups -OCH3 is 1. The van der Waals surface area contributed by atoms with E-state index in [2.05, 4.69) is 4.98 Å². The van der Waals surface area contributed by atoms with Gasteiger partial charge in [0, 0.05) is 5.56 Å². The SMILES string of the molecule is COc1cc(-c2cnc(C)n2CC(C)(C)O)ccc1N. The Bertz CT molecular complexity index is 612. The van der Waals surface area contributed by atoms with Gasteiger partial charge in [0.1, 0.15) is 11.6 Å². The first-order valence-corrected chi connectivity index (χ1v) is 6.50. The summed E-state index contributed by atoms with van der Waals surface area (Å²) in [5.41, 5.74) is 7.52. The van der Waals surface area contributed by atoms with Crippen LogP contribution in [0.25, 0.3) is 11.3 Å². The Morgan fingerprint density at radius 1 is 1.40 bits per heavy atom. The minimum absolute atomic E-state index is 0.473. The summed E-state index contributed by atoms with van der Waals surface area (Å²) in [4.78, 5) is 4.33. The van der Waals surface area contributed by atoms with Gasteiger partial charge in [-0.05, 0) is 32.9 Å². The number of nitrogen functional groups attached to an aromatic ring is 1. The molecular weight excluding hydrogens is 254 g/mol. The fourth-order valence-electron chi connectivity index (χ4n) is 2.16. The smallest absolute Gasteiger partial charge is 0.142 e. The van der Waals surface area contributed by atoms with Crippen molar-refractivity contribution in [3.8, 4) is 17.0 Å². The lowest BCUT2D eigenvalue weighted by atomic mass is 10.1. The van der Waals surface area contributed by atoms with E-state index in [-0.39, 0.29) is 0 Å². The fourth-order valence-corrected chi connectivity index (χ4v) is 2.16. The van der Waals surface area contributed by atoms with Crippen LogP contribution in [-0.2, 0) is 6.54 Å². The van der Waals surface area contributed by atoms with E-state index >= 15 is 0 Å². The van der Waals surface area contributed by atoms with Crippen LogP contribution in [0.2, 0.25) is 0 Å². The lowest BCUT2D eigenvalue weighted by Gasteiger charge is -2.21. The molecule has 0 fully saturated rings. The summed E-state index contributed by atoms with van der Waals surface area (Å²) >= 11 is 0. The highest BCUT2D eigenvalue weighted by Gasteiger charge is 2.18. The van der Waals surface area contributed by atoms with E-state index in [9.17, 15) is 5.11 Å². The maximum Gasteiger partial charge on any atom is 0.142 e. The molecular formula is C15H21N3O2. The highest BCUT2D eigenvalue weighted by Crippen LogP contribution is 2.30. The Labute approximate surface area is 119 Å². The van der Waals surface area contributed by atoms with Crippen molar-refractivity contribution in [1.29, 1.82) is 0 Å². The van der Waals surface area contributed by atoms with Gasteiger partial charge in [-0.3, -0.25) is 0 Å². The van der Waals surface area contributed by atoms with Gasteiger partial charge >= 0.3 is 0 Å². The molecule has 0 spiro atoms. The highest BCUT2D eigenvalue weighted by atomic mass is 16.5. The molecule has 1 aromatic heterocycles. The van der Waals surface area contributed by atoms with Crippen LogP contribution in [0, 0.1) is 6.92 Å². The van der Waals surface area contributed by atoms with Crippen molar-refractivity contribution >= 4 is 5.69 Å². The third-order valence-electron chi connectivity index (χ3n) is 3.13. The topological polar surface area (TPSA) is 73.3 Å². The highest BCUT2D eigenvalue weighted by molar-refractivity contribution is 5.67. The van der Waals surface area contributed by atoms with E-state index < -0.39 is 5.60 Å². The molecule has 0 aliphatic carbocycles. The van der Waals surface area contributed by atoms with Crippen molar-refractivity contribution in [2.24, 2.45) is 0 Å². The molecule has 20 heavy (non-hydrogen) atoms. The standard InChI is InChI=1S/C15H21N3O2/c1-10-17-8-13(18(10)9-15(2,3)19)11-5-6-12(16)14(7-11)20-4/h5-8,19H,9,16H2,1-4H3. The quantitative estimate of drug-likeness (QED) is 0.839. The van der Waals surface area contributed by atoms with Gasteiger partial charge in [0.25, 0.3) is 0 Å². The van der Waals surface area contributed by atoms with Gasteiger partial charge in [-0.25, -0.2) is 4.98 Å². The summed E-state index contributed by atoms with van der Waals surface area (Å²) in [5.74, 6) is 1.49. The molecule has 0 radical (unpaired) electrons. The molecule has 0 aliphatic heterocycles. The molecule has 0 atom stereocenters. The van der Waals surface area contributed by atoms with E-state index in [1.807, 2.05) is 29.7 Å². The number of hydrogen-bond acceptors (Lipinski definition) is 4. The van der Waals surface area contributed by atoms with Crippen LogP contribution in [0.3, 0.4) is 0 Å². The molecule has 108 valence electrons. The summed E-state index contributed by atoms with van der Waals surface area (Å²) in [6.07, 6.45) is 1.80. The lowest BCUT2D eigenvalue weighted by Crippen LogP contribution is -2.27. The average Bonchev–Trinajstić information content (AvgIpc) is 2.70. The number of imidazole rings is 1. The van der Waals surface area contributed by atoms with Crippen molar-refractivity contribution in [1.82, 2.24) is 9.55 Å². The lowest BCUT2D eigenvalue weighted by molar-refractivity contribution is 0.0613. The molecule has 0 unspecified atom stereocenters. The largest absolute Gasteiger partial charge is 0.495 e. The molecule has 0 saturated carbocycles. The monoisotopic (exact) mass is 275 g/mol. The van der Waals surface area contributed by atoms with Gasteiger partial charge in [0.05, 0.1) is 36.8 Å². The van der Waals surface area contributed by atoms with Crippen LogP contribution in [-0.4, -0.2) is 27.4 Å². The zero-order valence-electron chi connectivity index (χ0n) is 12.3. The molecule has 2 rings (SSSR count). The molecule has 2 aromatic rings. The molecule has 5 heteroatoms. The molecule has 0 amide bonds. The zero-order chi connectivity index (χ0) is 14.9. The molecule has 1 aromatic carbocycles. The van der Waals surface area contributed by atoms with Gasteiger partial charge in [-0.1, -0.05) is 6.07 Å². The first kappa shape index (κ1) is 14.4.